The monoisotopic (exact) mass is 531 g/mol. The first-order valence-electron chi connectivity index (χ1n) is 14.0. The van der Waals surface area contributed by atoms with Crippen LogP contribution in [0.3, 0.4) is 0 Å². The third kappa shape index (κ3) is 5.34. The summed E-state index contributed by atoms with van der Waals surface area (Å²) in [6, 6.07) is 4.72. The molecule has 3 saturated heterocycles. The topological polar surface area (TPSA) is 86.3 Å². The van der Waals surface area contributed by atoms with E-state index in [-0.39, 0.29) is 5.91 Å². The van der Waals surface area contributed by atoms with E-state index >= 15 is 0 Å². The molecule has 10 heteroatoms. The van der Waals surface area contributed by atoms with Gasteiger partial charge in [0.25, 0.3) is 5.91 Å². The Morgan fingerprint density at radius 1 is 1.05 bits per heavy atom. The lowest BCUT2D eigenvalue weighted by molar-refractivity contribution is -0.127. The lowest BCUT2D eigenvalue weighted by Crippen LogP contribution is -2.54. The van der Waals surface area contributed by atoms with E-state index < -0.39 is 0 Å². The summed E-state index contributed by atoms with van der Waals surface area (Å²) in [5.41, 5.74) is 4.02. The molecule has 39 heavy (non-hydrogen) atoms. The van der Waals surface area contributed by atoms with Crippen LogP contribution in [0.5, 0.6) is 5.75 Å². The molecule has 0 bridgehead atoms. The van der Waals surface area contributed by atoms with Crippen molar-refractivity contribution in [1.82, 2.24) is 19.8 Å². The SMILES string of the molecule is CC#CC(=O)N1CCN(C2CCN(c3cc4c(c(C)n3)OCc3c(N5CCOCC5)ccnc3N4)CC2)CC1. The molecule has 10 nitrogen and oxygen atoms in total. The van der Waals surface area contributed by atoms with Crippen molar-refractivity contribution < 1.29 is 14.3 Å². The second-order valence-electron chi connectivity index (χ2n) is 10.5. The Morgan fingerprint density at radius 2 is 1.82 bits per heavy atom. The molecule has 0 aromatic carbocycles. The lowest BCUT2D eigenvalue weighted by atomic mass is 10.0. The van der Waals surface area contributed by atoms with Crippen molar-refractivity contribution in [2.24, 2.45) is 0 Å². The van der Waals surface area contributed by atoms with E-state index in [1.54, 1.807) is 6.92 Å². The zero-order valence-electron chi connectivity index (χ0n) is 22.9. The van der Waals surface area contributed by atoms with Crippen molar-refractivity contribution in [1.29, 1.82) is 0 Å². The van der Waals surface area contributed by atoms with E-state index in [4.69, 9.17) is 14.5 Å². The van der Waals surface area contributed by atoms with Crippen LogP contribution in [0, 0.1) is 18.8 Å². The zero-order chi connectivity index (χ0) is 26.8. The van der Waals surface area contributed by atoms with Crippen LogP contribution in [-0.2, 0) is 16.1 Å². The number of nitrogens with one attached hydrogen (secondary N) is 1. The van der Waals surface area contributed by atoms with Crippen LogP contribution in [0.15, 0.2) is 18.3 Å². The third-order valence-corrected chi connectivity index (χ3v) is 8.26. The maximum atomic E-state index is 12.1. The van der Waals surface area contributed by atoms with Crippen LogP contribution < -0.4 is 19.9 Å². The molecule has 1 N–H and O–H groups in total. The van der Waals surface area contributed by atoms with Gasteiger partial charge in [-0.15, -0.1) is 0 Å². The Balaban J connectivity index is 1.12. The van der Waals surface area contributed by atoms with Gasteiger partial charge in [0.05, 0.1) is 30.2 Å². The second kappa shape index (κ2) is 11.3. The Morgan fingerprint density at radius 3 is 2.56 bits per heavy atom. The summed E-state index contributed by atoms with van der Waals surface area (Å²) in [4.78, 5) is 30.9. The van der Waals surface area contributed by atoms with Crippen LogP contribution in [0.1, 0.15) is 31.0 Å². The van der Waals surface area contributed by atoms with Crippen molar-refractivity contribution in [3.8, 4) is 17.6 Å². The summed E-state index contributed by atoms with van der Waals surface area (Å²) in [5.74, 6) is 7.94. The standard InChI is InChI=1S/C29H37N7O3/c1-3-4-27(37)36-13-11-33(12-14-36)22-6-9-35(10-7-22)26-19-24-28(21(2)31-26)39-20-23-25(5-8-30-29(23)32-24)34-15-17-38-18-16-34/h5,8,19,22H,6-7,9-18,20H2,1-2H3,(H,30,32). The van der Waals surface area contributed by atoms with Crippen LogP contribution in [0.4, 0.5) is 23.0 Å². The molecular formula is C29H37N7O3. The lowest BCUT2D eigenvalue weighted by Gasteiger charge is -2.42. The fourth-order valence-corrected chi connectivity index (χ4v) is 6.12. The van der Waals surface area contributed by atoms with Gasteiger partial charge in [-0.1, -0.05) is 5.92 Å². The average Bonchev–Trinajstić information content (AvgIpc) is 3.17. The van der Waals surface area contributed by atoms with Gasteiger partial charge in [-0.05, 0) is 38.7 Å². The van der Waals surface area contributed by atoms with Crippen LogP contribution >= 0.6 is 0 Å². The van der Waals surface area contributed by atoms with Crippen molar-refractivity contribution in [3.05, 3.63) is 29.6 Å². The highest BCUT2D eigenvalue weighted by atomic mass is 16.5. The molecule has 6 heterocycles. The summed E-state index contributed by atoms with van der Waals surface area (Å²) in [6.45, 7) is 12.6. The Hall–Kier alpha value is -3.55. The number of piperazine rings is 1. The molecule has 0 spiro atoms. The predicted molar refractivity (Wildman–Crippen MR) is 151 cm³/mol. The number of pyridine rings is 2. The molecule has 2 aromatic rings. The number of morpholine rings is 1. The maximum Gasteiger partial charge on any atom is 0.298 e. The van der Waals surface area contributed by atoms with E-state index in [9.17, 15) is 4.79 Å². The largest absolute Gasteiger partial charge is 0.485 e. The van der Waals surface area contributed by atoms with Crippen LogP contribution in [0.25, 0.3) is 0 Å². The first kappa shape index (κ1) is 25.7. The molecule has 4 aliphatic heterocycles. The number of carbonyl (C=O) groups excluding carboxylic acids is 1. The summed E-state index contributed by atoms with van der Waals surface area (Å²) in [5, 5.41) is 3.57. The van der Waals surface area contributed by atoms with Gasteiger partial charge in [0.15, 0.2) is 5.75 Å². The maximum absolute atomic E-state index is 12.1. The van der Waals surface area contributed by atoms with Gasteiger partial charge in [0, 0.05) is 76.4 Å². The van der Waals surface area contributed by atoms with Gasteiger partial charge in [-0.2, -0.15) is 0 Å². The van der Waals surface area contributed by atoms with E-state index in [1.165, 1.54) is 0 Å². The number of rotatable bonds is 3. The number of aryl methyl sites for hydroxylation is 1. The van der Waals surface area contributed by atoms with E-state index in [2.05, 4.69) is 49.0 Å². The molecule has 206 valence electrons. The first-order chi connectivity index (χ1) is 19.1. The van der Waals surface area contributed by atoms with Gasteiger partial charge in [0.1, 0.15) is 18.2 Å². The number of anilines is 4. The van der Waals surface area contributed by atoms with Gasteiger partial charge < -0.3 is 29.5 Å². The van der Waals surface area contributed by atoms with Crippen LogP contribution in [0.2, 0.25) is 0 Å². The number of fused-ring (bicyclic) bond motifs is 2. The highest BCUT2D eigenvalue weighted by molar-refractivity contribution is 5.93. The van der Waals surface area contributed by atoms with Crippen molar-refractivity contribution in [2.75, 3.05) is 80.7 Å². The number of carbonyl (C=O) groups is 1. The van der Waals surface area contributed by atoms with Crippen molar-refractivity contribution >= 4 is 28.9 Å². The molecule has 0 aliphatic carbocycles. The Bertz CT molecular complexity index is 1270. The fourth-order valence-electron chi connectivity index (χ4n) is 6.12. The summed E-state index contributed by atoms with van der Waals surface area (Å²) >= 11 is 0. The molecule has 6 rings (SSSR count). The molecule has 0 saturated carbocycles. The molecule has 4 aliphatic rings. The number of piperidine rings is 1. The van der Waals surface area contributed by atoms with Crippen molar-refractivity contribution in [3.63, 3.8) is 0 Å². The number of nitrogens with zero attached hydrogens (tertiary/aromatic N) is 6. The molecule has 0 unspecified atom stereocenters. The molecule has 2 aromatic heterocycles. The minimum atomic E-state index is -0.0515. The van der Waals surface area contributed by atoms with Gasteiger partial charge in [-0.3, -0.25) is 9.69 Å². The van der Waals surface area contributed by atoms with Crippen molar-refractivity contribution in [2.45, 2.75) is 39.3 Å². The van der Waals surface area contributed by atoms with Gasteiger partial charge >= 0.3 is 0 Å². The number of hydrogen-bond acceptors (Lipinski definition) is 9. The number of hydrogen-bond donors (Lipinski definition) is 1. The molecule has 0 atom stereocenters. The number of aromatic nitrogens is 2. The average molecular weight is 532 g/mol. The normalized spacial score (nSPS) is 20.1. The van der Waals surface area contributed by atoms with E-state index in [0.29, 0.717) is 12.6 Å². The second-order valence-corrected chi connectivity index (χ2v) is 10.5. The van der Waals surface area contributed by atoms with Crippen LogP contribution in [-0.4, -0.2) is 97.3 Å². The highest BCUT2D eigenvalue weighted by Gasteiger charge is 2.30. The fraction of sp³-hybridized carbons (Fsp3) is 0.552. The Kier molecular flexibility index (Phi) is 7.44. The summed E-state index contributed by atoms with van der Waals surface area (Å²) in [6.07, 6.45) is 4.03. The quantitative estimate of drug-likeness (QED) is 0.600. The molecule has 3 fully saturated rings. The van der Waals surface area contributed by atoms with E-state index in [1.807, 2.05) is 18.0 Å². The third-order valence-electron chi connectivity index (χ3n) is 8.26. The highest BCUT2D eigenvalue weighted by Crippen LogP contribution is 2.40. The summed E-state index contributed by atoms with van der Waals surface area (Å²) in [7, 11) is 0. The Labute approximate surface area is 230 Å². The number of ether oxygens (including phenoxy) is 2. The smallest absolute Gasteiger partial charge is 0.298 e. The first-order valence-corrected chi connectivity index (χ1v) is 14.0. The molecule has 1 amide bonds. The molecular weight excluding hydrogens is 494 g/mol. The summed E-state index contributed by atoms with van der Waals surface area (Å²) < 4.78 is 11.9. The predicted octanol–water partition coefficient (Wildman–Crippen LogP) is 2.39. The minimum Gasteiger partial charge on any atom is -0.485 e. The molecule has 0 radical (unpaired) electrons. The zero-order valence-corrected chi connectivity index (χ0v) is 22.9. The van der Waals surface area contributed by atoms with E-state index in [0.717, 1.165) is 118 Å². The minimum absolute atomic E-state index is 0.0515. The van der Waals surface area contributed by atoms with Gasteiger partial charge in [0.2, 0.25) is 0 Å². The van der Waals surface area contributed by atoms with Gasteiger partial charge in [-0.25, -0.2) is 9.97 Å². The number of amides is 1.